The van der Waals surface area contributed by atoms with Crippen LogP contribution in [0.1, 0.15) is 44.0 Å². The zero-order valence-corrected chi connectivity index (χ0v) is 20.4. The summed E-state index contributed by atoms with van der Waals surface area (Å²) in [6.45, 7) is 6.28. The zero-order valence-electron chi connectivity index (χ0n) is 20.4. The average Bonchev–Trinajstić information content (AvgIpc) is 3.36. The van der Waals surface area contributed by atoms with E-state index in [1.54, 1.807) is 47.4 Å². The van der Waals surface area contributed by atoms with Gasteiger partial charge in [-0.15, -0.1) is 0 Å². The molecule has 0 aliphatic rings. The first-order valence-corrected chi connectivity index (χ1v) is 11.6. The van der Waals surface area contributed by atoms with Crippen LogP contribution in [0.2, 0.25) is 0 Å². The van der Waals surface area contributed by atoms with Gasteiger partial charge in [0.1, 0.15) is 6.07 Å². The molecule has 0 saturated carbocycles. The number of nitriles is 1. The molecule has 0 bridgehead atoms. The predicted octanol–water partition coefficient (Wildman–Crippen LogP) is 6.12. The molecule has 0 saturated heterocycles. The fraction of sp³-hybridized carbons (Fsp3) is 0.179. The van der Waals surface area contributed by atoms with E-state index in [4.69, 9.17) is 0 Å². The van der Waals surface area contributed by atoms with Gasteiger partial charge in [-0.25, -0.2) is 18.9 Å². The maximum Gasteiger partial charge on any atom is 0.174 e. The fourth-order valence-electron chi connectivity index (χ4n) is 3.83. The third-order valence-corrected chi connectivity index (χ3v) is 5.48. The summed E-state index contributed by atoms with van der Waals surface area (Å²) in [6.07, 6.45) is 15.5. The van der Waals surface area contributed by atoms with Crippen LogP contribution >= 0.6 is 0 Å². The van der Waals surface area contributed by atoms with E-state index in [9.17, 15) is 5.26 Å². The lowest BCUT2D eigenvalue weighted by atomic mass is 10.0. The summed E-state index contributed by atoms with van der Waals surface area (Å²) in [5, 5.41) is 16.9. The third-order valence-electron chi connectivity index (χ3n) is 5.48. The first-order chi connectivity index (χ1) is 17.5. The monoisotopic (exact) mass is 479 g/mol. The molecule has 4 aromatic heterocycles. The molecule has 0 amide bonds. The summed E-state index contributed by atoms with van der Waals surface area (Å²) < 4.78 is 16.9. The summed E-state index contributed by atoms with van der Waals surface area (Å²) in [5.74, 6) is -0.407. The number of hydrogen-bond donors (Lipinski definition) is 1. The molecule has 180 valence electrons. The standard InChI is InChI=1S/C28H26FN7/c1-4-6-19(3)14-21(7-5-2)27-22(16-30)15-20(17-32-27)18-33-28-26(29)23(8-11-31-28)24-10-13-36-25(35-24)9-12-34-36/h5-15,17H,4,18H2,1-3H3,(H,31,33)/b7-5-,19-6+,21-14+. The summed E-state index contributed by atoms with van der Waals surface area (Å²) >= 11 is 0. The summed E-state index contributed by atoms with van der Waals surface area (Å²) in [7, 11) is 0. The van der Waals surface area contributed by atoms with Crippen molar-refractivity contribution in [3.8, 4) is 17.3 Å². The van der Waals surface area contributed by atoms with E-state index < -0.39 is 5.82 Å². The third kappa shape index (κ3) is 5.36. The Kier molecular flexibility index (Phi) is 7.61. The van der Waals surface area contributed by atoms with Crippen LogP contribution in [0.25, 0.3) is 22.5 Å². The van der Waals surface area contributed by atoms with Crippen molar-refractivity contribution in [2.24, 2.45) is 0 Å². The van der Waals surface area contributed by atoms with Gasteiger partial charge in [0, 0.05) is 42.3 Å². The van der Waals surface area contributed by atoms with Gasteiger partial charge < -0.3 is 5.32 Å². The Labute approximate surface area is 209 Å². The Morgan fingerprint density at radius 1 is 1.22 bits per heavy atom. The Balaban J connectivity index is 1.58. The zero-order chi connectivity index (χ0) is 25.5. The molecule has 1 N–H and O–H groups in total. The lowest BCUT2D eigenvalue weighted by Gasteiger charge is -2.11. The topological polar surface area (TPSA) is 91.8 Å². The first kappa shape index (κ1) is 24.5. The van der Waals surface area contributed by atoms with E-state index in [-0.39, 0.29) is 12.4 Å². The number of pyridine rings is 2. The van der Waals surface area contributed by atoms with Crippen LogP contribution in [0.5, 0.6) is 0 Å². The SMILES string of the molecule is C\C=C/C(=C\C(C)=C\CC)c1ncc(CNc2nccc(-c3ccn4nccc4n3)c2F)cc1C#N. The predicted molar refractivity (Wildman–Crippen MR) is 139 cm³/mol. The lowest BCUT2D eigenvalue weighted by Crippen LogP contribution is -2.06. The molecule has 4 aromatic rings. The minimum Gasteiger partial charge on any atom is -0.363 e. The van der Waals surface area contributed by atoms with Gasteiger partial charge in [0.05, 0.1) is 23.1 Å². The maximum atomic E-state index is 15.3. The van der Waals surface area contributed by atoms with Crippen LogP contribution in [0.3, 0.4) is 0 Å². The minimum atomic E-state index is -0.504. The number of nitrogens with zero attached hydrogens (tertiary/aromatic N) is 6. The van der Waals surface area contributed by atoms with Crippen LogP contribution < -0.4 is 5.32 Å². The number of halogens is 1. The molecule has 0 radical (unpaired) electrons. The normalized spacial score (nSPS) is 12.3. The maximum absolute atomic E-state index is 15.3. The van der Waals surface area contributed by atoms with Gasteiger partial charge in [0.15, 0.2) is 17.3 Å². The van der Waals surface area contributed by atoms with Crippen LogP contribution in [0.15, 0.2) is 78.9 Å². The molecular weight excluding hydrogens is 453 g/mol. The van der Waals surface area contributed by atoms with Crippen molar-refractivity contribution in [1.82, 2.24) is 24.6 Å². The van der Waals surface area contributed by atoms with Gasteiger partial charge in [0.2, 0.25) is 0 Å². The molecule has 0 aliphatic carbocycles. The second-order valence-electron chi connectivity index (χ2n) is 8.13. The number of fused-ring (bicyclic) bond motifs is 1. The smallest absolute Gasteiger partial charge is 0.174 e. The fourth-order valence-corrected chi connectivity index (χ4v) is 3.83. The van der Waals surface area contributed by atoms with Crippen LogP contribution in [-0.2, 0) is 6.54 Å². The Bertz CT molecular complexity index is 1520. The molecule has 0 unspecified atom stereocenters. The van der Waals surface area contributed by atoms with Gasteiger partial charge in [-0.1, -0.05) is 36.8 Å². The van der Waals surface area contributed by atoms with E-state index in [0.717, 1.165) is 23.1 Å². The number of hydrogen-bond acceptors (Lipinski definition) is 6. The molecule has 36 heavy (non-hydrogen) atoms. The Hall–Kier alpha value is -4.64. The van der Waals surface area contributed by atoms with Crippen molar-refractivity contribution in [1.29, 1.82) is 5.26 Å². The van der Waals surface area contributed by atoms with Crippen molar-refractivity contribution in [3.63, 3.8) is 0 Å². The quantitative estimate of drug-likeness (QED) is 0.306. The Morgan fingerprint density at radius 2 is 2.08 bits per heavy atom. The van der Waals surface area contributed by atoms with Crippen molar-refractivity contribution in [3.05, 3.63) is 102 Å². The highest BCUT2D eigenvalue weighted by molar-refractivity contribution is 5.77. The first-order valence-electron chi connectivity index (χ1n) is 11.6. The van der Waals surface area contributed by atoms with E-state index in [1.165, 1.54) is 6.20 Å². The van der Waals surface area contributed by atoms with Crippen LogP contribution in [-0.4, -0.2) is 24.6 Å². The molecule has 0 aliphatic heterocycles. The van der Waals surface area contributed by atoms with Crippen LogP contribution in [0.4, 0.5) is 10.2 Å². The van der Waals surface area contributed by atoms with Crippen LogP contribution in [0, 0.1) is 17.1 Å². The molecule has 0 fully saturated rings. The summed E-state index contributed by atoms with van der Waals surface area (Å²) in [5.41, 5.74) is 5.20. The van der Waals surface area contributed by atoms with Gasteiger partial charge in [-0.2, -0.15) is 10.4 Å². The minimum absolute atomic E-state index is 0.0973. The van der Waals surface area contributed by atoms with Gasteiger partial charge >= 0.3 is 0 Å². The molecule has 8 heteroatoms. The van der Waals surface area contributed by atoms with Gasteiger partial charge in [0.25, 0.3) is 0 Å². The second-order valence-corrected chi connectivity index (χ2v) is 8.13. The molecule has 0 atom stereocenters. The summed E-state index contributed by atoms with van der Waals surface area (Å²) in [4.78, 5) is 13.2. The number of allylic oxidation sites excluding steroid dienone is 6. The van der Waals surface area contributed by atoms with Crippen molar-refractivity contribution in [2.75, 3.05) is 5.32 Å². The Morgan fingerprint density at radius 3 is 2.86 bits per heavy atom. The van der Waals surface area contributed by atoms with E-state index in [1.807, 2.05) is 32.1 Å². The molecule has 4 heterocycles. The van der Waals surface area contributed by atoms with E-state index in [2.05, 4.69) is 44.4 Å². The highest BCUT2D eigenvalue weighted by Crippen LogP contribution is 2.26. The van der Waals surface area contributed by atoms with Gasteiger partial charge in [-0.05, 0) is 44.0 Å². The highest BCUT2D eigenvalue weighted by Gasteiger charge is 2.14. The number of rotatable bonds is 8. The molecule has 4 rings (SSSR count). The summed E-state index contributed by atoms with van der Waals surface area (Å²) in [6, 6.07) is 9.06. The largest absolute Gasteiger partial charge is 0.363 e. The molecular formula is C28H26FN7. The molecule has 7 nitrogen and oxygen atoms in total. The van der Waals surface area contributed by atoms with E-state index >= 15 is 4.39 Å². The molecule has 0 spiro atoms. The van der Waals surface area contributed by atoms with Crippen molar-refractivity contribution >= 4 is 17.0 Å². The number of aromatic nitrogens is 5. The number of nitrogens with one attached hydrogen (secondary N) is 1. The number of anilines is 1. The highest BCUT2D eigenvalue weighted by atomic mass is 19.1. The van der Waals surface area contributed by atoms with Gasteiger partial charge in [-0.3, -0.25) is 4.98 Å². The average molecular weight is 480 g/mol. The lowest BCUT2D eigenvalue weighted by molar-refractivity contribution is 0.627. The van der Waals surface area contributed by atoms with Crippen molar-refractivity contribution in [2.45, 2.75) is 33.7 Å². The molecule has 0 aromatic carbocycles. The van der Waals surface area contributed by atoms with E-state index in [0.29, 0.717) is 28.2 Å². The second kappa shape index (κ2) is 11.2. The van der Waals surface area contributed by atoms with Crippen molar-refractivity contribution < 1.29 is 4.39 Å².